The normalized spacial score (nSPS) is 16.7. The summed E-state index contributed by atoms with van der Waals surface area (Å²) < 4.78 is 7.80. The molecule has 3 aromatic rings. The van der Waals surface area contributed by atoms with Crippen molar-refractivity contribution in [1.29, 1.82) is 0 Å². The molecular formula is C19H22N4O2. The van der Waals surface area contributed by atoms with Crippen LogP contribution in [0.5, 0.6) is 0 Å². The van der Waals surface area contributed by atoms with Crippen LogP contribution in [0.4, 0.5) is 0 Å². The Labute approximate surface area is 146 Å². The molecule has 1 aromatic carbocycles. The van der Waals surface area contributed by atoms with E-state index >= 15 is 0 Å². The van der Waals surface area contributed by atoms with Crippen molar-refractivity contribution in [3.05, 3.63) is 54.0 Å². The first-order valence-corrected chi connectivity index (χ1v) is 8.59. The van der Waals surface area contributed by atoms with Gasteiger partial charge in [-0.05, 0) is 31.5 Å². The molecule has 1 aliphatic heterocycles. The van der Waals surface area contributed by atoms with Crippen molar-refractivity contribution >= 4 is 16.9 Å². The molecule has 1 atom stereocenters. The zero-order chi connectivity index (χ0) is 17.4. The Balaban J connectivity index is 1.29. The van der Waals surface area contributed by atoms with E-state index in [-0.39, 0.29) is 11.9 Å². The molecule has 130 valence electrons. The predicted molar refractivity (Wildman–Crippen MR) is 95.2 cm³/mol. The molecule has 1 amide bonds. The number of aryl methyl sites for hydroxylation is 1. The molecule has 0 spiro atoms. The van der Waals surface area contributed by atoms with Crippen LogP contribution in [0.1, 0.15) is 30.3 Å². The Morgan fingerprint density at radius 2 is 2.20 bits per heavy atom. The van der Waals surface area contributed by atoms with Gasteiger partial charge < -0.3 is 9.73 Å². The van der Waals surface area contributed by atoms with Gasteiger partial charge in [0, 0.05) is 24.7 Å². The summed E-state index contributed by atoms with van der Waals surface area (Å²) in [7, 11) is 0. The number of fused-ring (bicyclic) bond motifs is 1. The summed E-state index contributed by atoms with van der Waals surface area (Å²) in [5, 5.41) is 8.41. The Hall–Kier alpha value is -2.60. The second-order valence-corrected chi connectivity index (χ2v) is 6.82. The minimum absolute atomic E-state index is 0.0167. The third kappa shape index (κ3) is 3.30. The topological polar surface area (TPSA) is 63.3 Å². The smallest absolute Gasteiger partial charge is 0.234 e. The third-order valence-electron chi connectivity index (χ3n) is 4.66. The number of hydrogen-bond acceptors (Lipinski definition) is 4. The van der Waals surface area contributed by atoms with Gasteiger partial charge in [0.2, 0.25) is 5.91 Å². The third-order valence-corrected chi connectivity index (χ3v) is 4.66. The molecule has 6 heteroatoms. The number of benzene rings is 1. The number of carbonyl (C=O) groups excluding carboxylic acids is 1. The number of aromatic nitrogens is 2. The highest BCUT2D eigenvalue weighted by Crippen LogP contribution is 2.24. The number of rotatable bonds is 5. The van der Waals surface area contributed by atoms with Gasteiger partial charge >= 0.3 is 0 Å². The van der Waals surface area contributed by atoms with Gasteiger partial charge in [0.05, 0.1) is 24.8 Å². The first-order valence-electron chi connectivity index (χ1n) is 8.59. The summed E-state index contributed by atoms with van der Waals surface area (Å²) in [6.45, 7) is 6.09. The molecule has 1 aliphatic rings. The highest BCUT2D eigenvalue weighted by atomic mass is 16.3. The van der Waals surface area contributed by atoms with Crippen LogP contribution in [0.15, 0.2) is 47.1 Å². The van der Waals surface area contributed by atoms with Gasteiger partial charge in [-0.3, -0.25) is 14.4 Å². The number of nitrogens with zero attached hydrogens (tertiary/aromatic N) is 3. The van der Waals surface area contributed by atoms with Crippen LogP contribution in [-0.2, 0) is 4.79 Å². The molecule has 1 saturated heterocycles. The number of nitrogens with one attached hydrogen (secondary N) is 1. The van der Waals surface area contributed by atoms with Crippen LogP contribution < -0.4 is 5.32 Å². The number of hydrogen-bond donors (Lipinski definition) is 1. The fourth-order valence-electron chi connectivity index (χ4n) is 3.25. The lowest BCUT2D eigenvalue weighted by atomic mass is 10.1. The van der Waals surface area contributed by atoms with Crippen LogP contribution in [0.2, 0.25) is 0 Å². The van der Waals surface area contributed by atoms with Crippen LogP contribution in [0.3, 0.4) is 0 Å². The van der Waals surface area contributed by atoms with Crippen molar-refractivity contribution in [3.8, 4) is 0 Å². The Morgan fingerprint density at radius 3 is 2.92 bits per heavy atom. The van der Waals surface area contributed by atoms with E-state index < -0.39 is 0 Å². The number of para-hydroxylation sites is 1. The van der Waals surface area contributed by atoms with Gasteiger partial charge in [-0.15, -0.1) is 0 Å². The molecular weight excluding hydrogens is 316 g/mol. The molecule has 0 radical (unpaired) electrons. The van der Waals surface area contributed by atoms with Gasteiger partial charge in [-0.2, -0.15) is 5.10 Å². The zero-order valence-electron chi connectivity index (χ0n) is 14.5. The standard InChI is InChI=1S/C19H22N4O2/c1-13-8-20-23(9-13)16-10-22(11-16)12-19(24)21-14(2)18-7-15-5-3-4-6-17(15)25-18/h3-9,14,16H,10-12H2,1-2H3,(H,21,24). The summed E-state index contributed by atoms with van der Waals surface area (Å²) in [5.74, 6) is 0.797. The minimum atomic E-state index is -0.147. The van der Waals surface area contributed by atoms with Gasteiger partial charge in [-0.25, -0.2) is 0 Å². The monoisotopic (exact) mass is 338 g/mol. The molecule has 25 heavy (non-hydrogen) atoms. The summed E-state index contributed by atoms with van der Waals surface area (Å²) >= 11 is 0. The Kier molecular flexibility index (Phi) is 4.05. The molecule has 6 nitrogen and oxygen atoms in total. The van der Waals surface area contributed by atoms with E-state index in [0.29, 0.717) is 12.6 Å². The molecule has 0 saturated carbocycles. The van der Waals surface area contributed by atoms with Gasteiger partial charge in [-0.1, -0.05) is 18.2 Å². The van der Waals surface area contributed by atoms with Crippen molar-refractivity contribution in [1.82, 2.24) is 20.0 Å². The zero-order valence-corrected chi connectivity index (χ0v) is 14.5. The van der Waals surface area contributed by atoms with E-state index in [0.717, 1.165) is 35.4 Å². The molecule has 4 rings (SSSR count). The second-order valence-electron chi connectivity index (χ2n) is 6.82. The van der Waals surface area contributed by atoms with Crippen molar-refractivity contribution in [3.63, 3.8) is 0 Å². The van der Waals surface area contributed by atoms with Crippen LogP contribution >= 0.6 is 0 Å². The lowest BCUT2D eigenvalue weighted by Crippen LogP contribution is -2.51. The van der Waals surface area contributed by atoms with Crippen molar-refractivity contribution in [2.75, 3.05) is 19.6 Å². The van der Waals surface area contributed by atoms with Crippen molar-refractivity contribution in [2.45, 2.75) is 25.9 Å². The summed E-state index contributed by atoms with van der Waals surface area (Å²) in [5.41, 5.74) is 2.01. The van der Waals surface area contributed by atoms with E-state index in [1.54, 1.807) is 0 Å². The van der Waals surface area contributed by atoms with Gasteiger partial charge in [0.1, 0.15) is 11.3 Å². The maximum Gasteiger partial charge on any atom is 0.234 e. The number of amides is 1. The molecule has 3 heterocycles. The highest BCUT2D eigenvalue weighted by Gasteiger charge is 2.30. The number of likely N-dealkylation sites (tertiary alicyclic amines) is 1. The van der Waals surface area contributed by atoms with Crippen LogP contribution in [0.25, 0.3) is 11.0 Å². The largest absolute Gasteiger partial charge is 0.459 e. The molecule has 2 aromatic heterocycles. The molecule has 1 N–H and O–H groups in total. The fourth-order valence-corrected chi connectivity index (χ4v) is 3.25. The molecule has 0 bridgehead atoms. The maximum absolute atomic E-state index is 12.3. The van der Waals surface area contributed by atoms with E-state index in [2.05, 4.69) is 15.3 Å². The molecule has 1 fully saturated rings. The quantitative estimate of drug-likeness (QED) is 0.777. The SMILES string of the molecule is Cc1cnn(C2CN(CC(=O)NC(C)c3cc4ccccc4o3)C2)c1. The summed E-state index contributed by atoms with van der Waals surface area (Å²) in [4.78, 5) is 14.4. The molecule has 0 aliphatic carbocycles. The molecule has 1 unspecified atom stereocenters. The Bertz CT molecular complexity index is 859. The average molecular weight is 338 g/mol. The van der Waals surface area contributed by atoms with E-state index in [1.807, 2.05) is 61.3 Å². The average Bonchev–Trinajstić information content (AvgIpc) is 3.16. The number of carbonyl (C=O) groups is 1. The highest BCUT2D eigenvalue weighted by molar-refractivity contribution is 5.80. The summed E-state index contributed by atoms with van der Waals surface area (Å²) in [6.07, 6.45) is 3.91. The maximum atomic E-state index is 12.3. The fraction of sp³-hybridized carbons (Fsp3) is 0.368. The van der Waals surface area contributed by atoms with Crippen LogP contribution in [-0.4, -0.2) is 40.2 Å². The predicted octanol–water partition coefficient (Wildman–Crippen LogP) is 2.67. The van der Waals surface area contributed by atoms with E-state index in [9.17, 15) is 4.79 Å². The lowest BCUT2D eigenvalue weighted by Gasteiger charge is -2.38. The summed E-state index contributed by atoms with van der Waals surface area (Å²) in [6, 6.07) is 10.1. The first-order chi connectivity index (χ1) is 12.1. The van der Waals surface area contributed by atoms with Crippen molar-refractivity contribution < 1.29 is 9.21 Å². The van der Waals surface area contributed by atoms with Crippen molar-refractivity contribution in [2.24, 2.45) is 0 Å². The van der Waals surface area contributed by atoms with Gasteiger partial charge in [0.25, 0.3) is 0 Å². The van der Waals surface area contributed by atoms with E-state index in [1.165, 1.54) is 0 Å². The lowest BCUT2D eigenvalue weighted by molar-refractivity contribution is -0.124. The minimum Gasteiger partial charge on any atom is -0.459 e. The van der Waals surface area contributed by atoms with Gasteiger partial charge in [0.15, 0.2) is 0 Å². The Morgan fingerprint density at radius 1 is 1.40 bits per heavy atom. The van der Waals surface area contributed by atoms with E-state index in [4.69, 9.17) is 4.42 Å². The number of furan rings is 1. The second kappa shape index (κ2) is 6.37. The first kappa shape index (κ1) is 15.9. The van der Waals surface area contributed by atoms with Crippen LogP contribution in [0, 0.1) is 6.92 Å².